The molecule has 1 N–H and O–H groups in total. The number of rotatable bonds is 2. The fourth-order valence-electron chi connectivity index (χ4n) is 7.30. The van der Waals surface area contributed by atoms with Gasteiger partial charge < -0.3 is 5.11 Å². The lowest BCUT2D eigenvalue weighted by Gasteiger charge is -2.58. The van der Waals surface area contributed by atoms with Gasteiger partial charge in [-0.15, -0.1) is 0 Å². The molecule has 0 aromatic heterocycles. The Balaban J connectivity index is 1.63. The van der Waals surface area contributed by atoms with Gasteiger partial charge >= 0.3 is 0 Å². The van der Waals surface area contributed by atoms with Crippen molar-refractivity contribution in [2.24, 2.45) is 34.5 Å². The molecule has 0 spiro atoms. The molecule has 0 aromatic rings. The van der Waals surface area contributed by atoms with E-state index in [9.17, 15) is 9.90 Å². The molecule has 4 aliphatic carbocycles. The monoisotopic (exact) mass is 316 g/mol. The molecule has 0 amide bonds. The zero-order chi connectivity index (χ0) is 16.2. The molecule has 6 atom stereocenters. The number of aliphatic hydroxyl groups excluding tert-OH is 1. The fraction of sp³-hybridized carbons (Fsp3) is 0.857. The quantitative estimate of drug-likeness (QED) is 0.813. The lowest BCUT2D eigenvalue weighted by atomic mass is 9.47. The molecule has 3 saturated carbocycles. The van der Waals surface area contributed by atoms with Crippen molar-refractivity contribution < 1.29 is 9.90 Å². The van der Waals surface area contributed by atoms with E-state index in [1.54, 1.807) is 0 Å². The summed E-state index contributed by atoms with van der Waals surface area (Å²) in [5.41, 5.74) is 2.24. The summed E-state index contributed by atoms with van der Waals surface area (Å²) in [6.45, 7) is 5.35. The van der Waals surface area contributed by atoms with Crippen LogP contribution in [0.3, 0.4) is 0 Å². The van der Waals surface area contributed by atoms with E-state index in [-0.39, 0.29) is 0 Å². The van der Waals surface area contributed by atoms with Crippen molar-refractivity contribution in [3.05, 3.63) is 11.6 Å². The van der Waals surface area contributed by atoms with Crippen LogP contribution < -0.4 is 0 Å². The van der Waals surface area contributed by atoms with Crippen molar-refractivity contribution in [3.8, 4) is 0 Å². The molecule has 0 bridgehead atoms. The molecule has 0 saturated heterocycles. The topological polar surface area (TPSA) is 37.3 Å². The minimum Gasteiger partial charge on any atom is -0.396 e. The molecular weight excluding hydrogens is 284 g/mol. The van der Waals surface area contributed by atoms with Crippen molar-refractivity contribution in [1.29, 1.82) is 0 Å². The average Bonchev–Trinajstić information content (AvgIpc) is 2.85. The van der Waals surface area contributed by atoms with E-state index >= 15 is 0 Å². The van der Waals surface area contributed by atoms with Crippen LogP contribution in [-0.4, -0.2) is 17.5 Å². The first kappa shape index (κ1) is 15.9. The van der Waals surface area contributed by atoms with Gasteiger partial charge in [-0.25, -0.2) is 0 Å². The van der Waals surface area contributed by atoms with Gasteiger partial charge in [-0.2, -0.15) is 0 Å². The molecule has 0 radical (unpaired) electrons. The minimum atomic E-state index is 0.299. The number of hydrogen-bond acceptors (Lipinski definition) is 2. The summed E-state index contributed by atoms with van der Waals surface area (Å²) in [5, 5.41) is 9.44. The lowest BCUT2D eigenvalue weighted by Crippen LogP contribution is -2.50. The zero-order valence-corrected chi connectivity index (χ0v) is 14.8. The van der Waals surface area contributed by atoms with Gasteiger partial charge in [0.1, 0.15) is 0 Å². The molecule has 4 rings (SSSR count). The number of aliphatic hydroxyl groups is 1. The first-order chi connectivity index (χ1) is 11.0. The average molecular weight is 316 g/mol. The SMILES string of the molecule is C[C@]12CC[C@H]3[C@@H](CCC4=CC(=O)CC[C@@]43C)[C@@H]1CC[C@H]2CCO. The molecule has 3 fully saturated rings. The van der Waals surface area contributed by atoms with E-state index in [1.807, 2.05) is 6.08 Å². The second kappa shape index (κ2) is 5.44. The third-order valence-electron chi connectivity index (χ3n) is 8.64. The van der Waals surface area contributed by atoms with Crippen molar-refractivity contribution in [2.45, 2.75) is 71.6 Å². The van der Waals surface area contributed by atoms with Crippen LogP contribution in [-0.2, 0) is 4.79 Å². The predicted molar refractivity (Wildman–Crippen MR) is 91.9 cm³/mol. The minimum absolute atomic E-state index is 0.299. The van der Waals surface area contributed by atoms with Crippen LogP contribution in [0.25, 0.3) is 0 Å². The number of carbonyl (C=O) groups excluding carboxylic acids is 1. The second-order valence-electron chi connectivity index (χ2n) is 9.30. The largest absolute Gasteiger partial charge is 0.396 e. The summed E-state index contributed by atoms with van der Waals surface area (Å²) in [5.74, 6) is 3.60. The Labute approximate surface area is 140 Å². The maximum absolute atomic E-state index is 11.9. The highest BCUT2D eigenvalue weighted by Crippen LogP contribution is 2.66. The summed E-state index contributed by atoms with van der Waals surface area (Å²) >= 11 is 0. The second-order valence-corrected chi connectivity index (χ2v) is 9.30. The van der Waals surface area contributed by atoms with E-state index in [2.05, 4.69) is 13.8 Å². The molecule has 0 heterocycles. The Hall–Kier alpha value is -0.630. The van der Waals surface area contributed by atoms with Crippen LogP contribution in [0, 0.1) is 34.5 Å². The van der Waals surface area contributed by atoms with Gasteiger partial charge in [0.05, 0.1) is 0 Å². The Morgan fingerprint density at radius 3 is 2.70 bits per heavy atom. The van der Waals surface area contributed by atoms with E-state index < -0.39 is 0 Å². The van der Waals surface area contributed by atoms with Crippen molar-refractivity contribution in [1.82, 2.24) is 0 Å². The number of carbonyl (C=O) groups is 1. The molecular formula is C21H32O2. The van der Waals surface area contributed by atoms with E-state index in [1.165, 1.54) is 37.7 Å². The standard InChI is InChI=1S/C21H32O2/c1-20-11-8-19-17(18(20)6-4-14(20)9-12-22)5-3-15-13-16(23)7-10-21(15,19)2/h13-14,17-19,22H,3-12H2,1-2H3/t14-,17-,18-,19-,20+,21-/m0/s1. The first-order valence-electron chi connectivity index (χ1n) is 9.84. The van der Waals surface area contributed by atoms with Crippen molar-refractivity contribution in [2.75, 3.05) is 6.61 Å². The maximum atomic E-state index is 11.9. The summed E-state index contributed by atoms with van der Waals surface area (Å²) in [6, 6.07) is 0. The van der Waals surface area contributed by atoms with Crippen LogP contribution in [0.1, 0.15) is 71.6 Å². The summed E-state index contributed by atoms with van der Waals surface area (Å²) in [4.78, 5) is 11.9. The third-order valence-corrected chi connectivity index (χ3v) is 8.64. The number of hydrogen-bond donors (Lipinski definition) is 1. The van der Waals surface area contributed by atoms with Crippen molar-refractivity contribution >= 4 is 5.78 Å². The smallest absolute Gasteiger partial charge is 0.155 e. The summed E-state index contributed by atoms with van der Waals surface area (Å²) < 4.78 is 0. The van der Waals surface area contributed by atoms with E-state index in [4.69, 9.17) is 0 Å². The summed E-state index contributed by atoms with van der Waals surface area (Å²) in [7, 11) is 0. The Bertz CT molecular complexity index is 536. The molecule has 4 aliphatic rings. The van der Waals surface area contributed by atoms with Gasteiger partial charge in [-0.05, 0) is 91.9 Å². The highest BCUT2D eigenvalue weighted by atomic mass is 16.3. The summed E-state index contributed by atoms with van der Waals surface area (Å²) in [6.07, 6.45) is 12.7. The molecule has 0 aromatic carbocycles. The van der Waals surface area contributed by atoms with Crippen molar-refractivity contribution in [3.63, 3.8) is 0 Å². The van der Waals surface area contributed by atoms with Crippen LogP contribution >= 0.6 is 0 Å². The van der Waals surface area contributed by atoms with E-state index in [0.717, 1.165) is 49.4 Å². The highest BCUT2D eigenvalue weighted by molar-refractivity contribution is 5.91. The Kier molecular flexibility index (Phi) is 3.75. The molecule has 0 aliphatic heterocycles. The van der Waals surface area contributed by atoms with Crippen LogP contribution in [0.4, 0.5) is 0 Å². The lowest BCUT2D eigenvalue weighted by molar-refractivity contribution is -0.117. The Morgan fingerprint density at radius 1 is 1.09 bits per heavy atom. The van der Waals surface area contributed by atoms with Gasteiger partial charge in [0.15, 0.2) is 5.78 Å². The van der Waals surface area contributed by atoms with Gasteiger partial charge in [0, 0.05) is 13.0 Å². The van der Waals surface area contributed by atoms with Crippen LogP contribution in [0.15, 0.2) is 11.6 Å². The molecule has 128 valence electrons. The molecule has 0 unspecified atom stereocenters. The van der Waals surface area contributed by atoms with Crippen LogP contribution in [0.5, 0.6) is 0 Å². The third kappa shape index (κ3) is 2.20. The number of ketones is 1. The predicted octanol–water partition coefficient (Wildman–Crippen LogP) is 4.52. The number of fused-ring (bicyclic) bond motifs is 5. The normalized spacial score (nSPS) is 49.2. The fourth-order valence-corrected chi connectivity index (χ4v) is 7.30. The first-order valence-corrected chi connectivity index (χ1v) is 9.84. The van der Waals surface area contributed by atoms with E-state index in [0.29, 0.717) is 23.2 Å². The highest BCUT2D eigenvalue weighted by Gasteiger charge is 2.58. The maximum Gasteiger partial charge on any atom is 0.155 e. The van der Waals surface area contributed by atoms with Gasteiger partial charge in [0.25, 0.3) is 0 Å². The van der Waals surface area contributed by atoms with Gasteiger partial charge in [-0.1, -0.05) is 19.4 Å². The van der Waals surface area contributed by atoms with Crippen LogP contribution in [0.2, 0.25) is 0 Å². The zero-order valence-electron chi connectivity index (χ0n) is 14.8. The molecule has 2 heteroatoms. The number of allylic oxidation sites excluding steroid dienone is 1. The molecule has 2 nitrogen and oxygen atoms in total. The van der Waals surface area contributed by atoms with Gasteiger partial charge in [0.2, 0.25) is 0 Å². The Morgan fingerprint density at radius 2 is 1.91 bits per heavy atom. The molecule has 23 heavy (non-hydrogen) atoms. The van der Waals surface area contributed by atoms with Gasteiger partial charge in [-0.3, -0.25) is 4.79 Å².